The second kappa shape index (κ2) is 12.7. The van der Waals surface area contributed by atoms with E-state index in [0.717, 1.165) is 25.7 Å². The maximum Gasteiger partial charge on any atom is 0.410 e. The van der Waals surface area contributed by atoms with E-state index in [1.165, 1.54) is 0 Å². The first-order valence-corrected chi connectivity index (χ1v) is 14.0. The summed E-state index contributed by atoms with van der Waals surface area (Å²) >= 11 is 0. The van der Waals surface area contributed by atoms with Crippen LogP contribution in [0.3, 0.4) is 0 Å². The maximum atomic E-state index is 13.0. The number of carbonyl (C=O) groups is 1. The molecule has 0 aromatic heterocycles. The van der Waals surface area contributed by atoms with Gasteiger partial charge in [0.25, 0.3) is 0 Å². The Morgan fingerprint density at radius 2 is 1.81 bits per heavy atom. The molecule has 1 aliphatic heterocycles. The van der Waals surface area contributed by atoms with Crippen molar-refractivity contribution in [1.29, 1.82) is 0 Å². The first-order chi connectivity index (χ1) is 14.5. The van der Waals surface area contributed by atoms with Gasteiger partial charge in [-0.3, -0.25) is 4.90 Å². The summed E-state index contributed by atoms with van der Waals surface area (Å²) in [5.74, 6) is 2.36. The minimum Gasteiger partial charge on any atom is -0.445 e. The number of nitrogens with zero attached hydrogens (tertiary/aromatic N) is 1. The molecule has 178 valence electrons. The summed E-state index contributed by atoms with van der Waals surface area (Å²) < 4.78 is 12.5. The van der Waals surface area contributed by atoms with Gasteiger partial charge in [-0.2, -0.15) is 0 Å². The van der Waals surface area contributed by atoms with E-state index >= 15 is 0 Å². The number of aliphatic hydroxyl groups excluding tert-OH is 1. The van der Waals surface area contributed by atoms with Crippen molar-refractivity contribution >= 4 is 14.4 Å². The normalized spacial score (nSPS) is 23.2. The van der Waals surface area contributed by atoms with Crippen LogP contribution in [-0.4, -0.2) is 55.3 Å². The van der Waals surface area contributed by atoms with Crippen LogP contribution in [0.1, 0.15) is 80.6 Å². The van der Waals surface area contributed by atoms with Crippen LogP contribution in [0.2, 0.25) is 16.6 Å². The van der Waals surface area contributed by atoms with Crippen molar-refractivity contribution in [3.05, 3.63) is 12.7 Å². The molecule has 0 spiro atoms. The van der Waals surface area contributed by atoms with Crippen LogP contribution < -0.4 is 0 Å². The quantitative estimate of drug-likeness (QED) is 0.242. The van der Waals surface area contributed by atoms with Gasteiger partial charge in [-0.05, 0) is 55.7 Å². The number of carbonyl (C=O) groups excluding carboxylic acids is 1. The fourth-order valence-corrected chi connectivity index (χ4v) is 11.2. The van der Waals surface area contributed by atoms with Gasteiger partial charge in [0, 0.05) is 6.04 Å². The Balaban J connectivity index is 3.08. The van der Waals surface area contributed by atoms with Gasteiger partial charge < -0.3 is 14.3 Å². The molecule has 1 saturated heterocycles. The van der Waals surface area contributed by atoms with Crippen molar-refractivity contribution in [1.82, 2.24) is 4.90 Å². The number of likely N-dealkylation sites (tertiary alicyclic amines) is 1. The van der Waals surface area contributed by atoms with E-state index in [-0.39, 0.29) is 30.9 Å². The first-order valence-electron chi connectivity index (χ1n) is 11.9. The molecule has 31 heavy (non-hydrogen) atoms. The molecule has 4 atom stereocenters. The average Bonchev–Trinajstić information content (AvgIpc) is 2.70. The summed E-state index contributed by atoms with van der Waals surface area (Å²) in [4.78, 5) is 14.8. The number of terminal acetylenes is 1. The number of piperidine rings is 1. The minimum absolute atomic E-state index is 0.00250. The zero-order valence-corrected chi connectivity index (χ0v) is 21.8. The van der Waals surface area contributed by atoms with E-state index in [0.29, 0.717) is 23.0 Å². The van der Waals surface area contributed by atoms with Crippen LogP contribution in [0.5, 0.6) is 0 Å². The van der Waals surface area contributed by atoms with Crippen molar-refractivity contribution in [3.63, 3.8) is 0 Å². The van der Waals surface area contributed by atoms with Crippen LogP contribution in [0.25, 0.3) is 0 Å². The molecule has 1 aliphatic rings. The molecule has 5 nitrogen and oxygen atoms in total. The highest BCUT2D eigenvalue weighted by Crippen LogP contribution is 2.45. The standard InChI is InChI=1S/C25H45NO4Si/c1-10-17-29-25(28)26-21(9)24(16-15-22(26)13-12-14-23(27)11-2)30-31(18(3)4,19(5)6)20(7)8/h2,10,18-24,27H,1,12-17H2,3-9H3/t21-,22-,23-,24+/m0/s1. The van der Waals surface area contributed by atoms with Crippen molar-refractivity contribution in [2.45, 2.75) is 121 Å². The largest absolute Gasteiger partial charge is 0.445 e. The highest BCUT2D eigenvalue weighted by molar-refractivity contribution is 6.77. The average molecular weight is 452 g/mol. The molecule has 1 N–H and O–H groups in total. The van der Waals surface area contributed by atoms with Gasteiger partial charge in [0.15, 0.2) is 0 Å². The molecule has 0 bridgehead atoms. The molecule has 0 saturated carbocycles. The molecule has 0 unspecified atom stereocenters. The Labute approximate surface area is 191 Å². The van der Waals surface area contributed by atoms with Gasteiger partial charge in [-0.25, -0.2) is 4.79 Å². The topological polar surface area (TPSA) is 59.0 Å². The maximum absolute atomic E-state index is 13.0. The van der Waals surface area contributed by atoms with Crippen LogP contribution in [-0.2, 0) is 9.16 Å². The number of rotatable bonds is 11. The van der Waals surface area contributed by atoms with Crippen LogP contribution in [0.4, 0.5) is 4.79 Å². The van der Waals surface area contributed by atoms with Gasteiger partial charge in [0.2, 0.25) is 8.32 Å². The zero-order chi connectivity index (χ0) is 23.8. The molecule has 6 heteroatoms. The third-order valence-electron chi connectivity index (χ3n) is 6.96. The van der Waals surface area contributed by atoms with Gasteiger partial charge in [-0.15, -0.1) is 6.42 Å². The second-order valence-corrected chi connectivity index (χ2v) is 15.2. The third kappa shape index (κ3) is 6.84. The fourth-order valence-electron chi connectivity index (χ4n) is 5.51. The van der Waals surface area contributed by atoms with Crippen molar-refractivity contribution < 1.29 is 19.1 Å². The number of ether oxygens (including phenoxy) is 1. The van der Waals surface area contributed by atoms with Crippen LogP contribution >= 0.6 is 0 Å². The SMILES string of the molecule is C#C[C@H](O)CCC[C@H]1CC[C@@H](O[Si](C(C)C)(C(C)C)C(C)C)[C@H](C)N1C(=O)OCC=C. The molecule has 1 heterocycles. The number of aliphatic hydroxyl groups is 1. The van der Waals surface area contributed by atoms with Gasteiger partial charge in [0.05, 0.1) is 12.1 Å². The molecule has 0 radical (unpaired) electrons. The Hall–Kier alpha value is -1.29. The Morgan fingerprint density at radius 1 is 1.23 bits per heavy atom. The molecule has 1 fully saturated rings. The minimum atomic E-state index is -2.06. The predicted octanol–water partition coefficient (Wildman–Crippen LogP) is 5.89. The summed E-state index contributed by atoms with van der Waals surface area (Å²) in [5, 5.41) is 9.69. The van der Waals surface area contributed by atoms with E-state index in [2.05, 4.69) is 61.0 Å². The Bertz CT molecular complexity index is 591. The molecule has 0 aromatic carbocycles. The van der Waals surface area contributed by atoms with Gasteiger partial charge in [-0.1, -0.05) is 60.1 Å². The number of hydrogen-bond acceptors (Lipinski definition) is 4. The monoisotopic (exact) mass is 451 g/mol. The lowest BCUT2D eigenvalue weighted by molar-refractivity contribution is -0.0107. The molecule has 0 aromatic rings. The number of amides is 1. The summed E-state index contributed by atoms with van der Waals surface area (Å²) in [7, 11) is -2.06. The molecular formula is C25H45NO4Si. The van der Waals surface area contributed by atoms with E-state index in [9.17, 15) is 9.90 Å². The van der Waals surface area contributed by atoms with Crippen LogP contribution in [0.15, 0.2) is 12.7 Å². The van der Waals surface area contributed by atoms with E-state index in [1.807, 2.05) is 4.90 Å². The lowest BCUT2D eigenvalue weighted by Gasteiger charge is -2.50. The molecular weight excluding hydrogens is 406 g/mol. The van der Waals surface area contributed by atoms with E-state index in [4.69, 9.17) is 15.6 Å². The summed E-state index contributed by atoms with van der Waals surface area (Å²) in [6.07, 6.45) is 9.73. The van der Waals surface area contributed by atoms with Crippen molar-refractivity contribution in [3.8, 4) is 12.3 Å². The van der Waals surface area contributed by atoms with Crippen LogP contribution in [0, 0.1) is 12.3 Å². The second-order valence-electron chi connectivity index (χ2n) is 9.83. The highest BCUT2D eigenvalue weighted by atomic mass is 28.4. The van der Waals surface area contributed by atoms with Gasteiger partial charge in [0.1, 0.15) is 12.7 Å². The smallest absolute Gasteiger partial charge is 0.410 e. The molecule has 1 rings (SSSR count). The van der Waals surface area contributed by atoms with E-state index in [1.54, 1.807) is 6.08 Å². The van der Waals surface area contributed by atoms with Crippen molar-refractivity contribution in [2.75, 3.05) is 6.61 Å². The summed E-state index contributed by atoms with van der Waals surface area (Å²) in [6.45, 7) is 19.7. The predicted molar refractivity (Wildman–Crippen MR) is 130 cm³/mol. The third-order valence-corrected chi connectivity index (χ3v) is 13.1. The highest BCUT2D eigenvalue weighted by Gasteiger charge is 2.49. The number of hydrogen-bond donors (Lipinski definition) is 1. The molecule has 0 aliphatic carbocycles. The van der Waals surface area contributed by atoms with Gasteiger partial charge >= 0.3 is 6.09 Å². The lowest BCUT2D eigenvalue weighted by Crippen LogP contribution is -2.60. The Kier molecular flexibility index (Phi) is 11.3. The summed E-state index contributed by atoms with van der Waals surface area (Å²) in [5.41, 5.74) is 1.47. The molecule has 1 amide bonds. The summed E-state index contributed by atoms with van der Waals surface area (Å²) in [6, 6.07) is -0.0119. The Morgan fingerprint density at radius 3 is 2.29 bits per heavy atom. The fraction of sp³-hybridized carbons (Fsp3) is 0.800. The first kappa shape index (κ1) is 27.7. The van der Waals surface area contributed by atoms with Crippen molar-refractivity contribution in [2.24, 2.45) is 0 Å². The lowest BCUT2D eigenvalue weighted by atomic mass is 9.91. The zero-order valence-electron chi connectivity index (χ0n) is 20.8. The van der Waals surface area contributed by atoms with E-state index < -0.39 is 14.4 Å².